The van der Waals surface area contributed by atoms with Crippen molar-refractivity contribution in [3.8, 4) is 5.69 Å². The quantitative estimate of drug-likeness (QED) is 0.530. The lowest BCUT2D eigenvalue weighted by Crippen LogP contribution is -2.25. The van der Waals surface area contributed by atoms with Crippen molar-refractivity contribution in [2.24, 2.45) is 0 Å². The fourth-order valence-corrected chi connectivity index (χ4v) is 4.87. The molecule has 1 aliphatic heterocycles. The van der Waals surface area contributed by atoms with Gasteiger partial charge in [-0.15, -0.1) is 0 Å². The first-order valence-corrected chi connectivity index (χ1v) is 11.3. The van der Waals surface area contributed by atoms with E-state index in [0.717, 1.165) is 34.1 Å². The van der Waals surface area contributed by atoms with E-state index < -0.39 is 5.91 Å². The summed E-state index contributed by atoms with van der Waals surface area (Å²) in [6.07, 6.45) is 1.60. The monoisotopic (exact) mass is 431 g/mol. The van der Waals surface area contributed by atoms with E-state index in [1.807, 2.05) is 48.7 Å². The molecule has 7 nitrogen and oxygen atoms in total. The van der Waals surface area contributed by atoms with Crippen molar-refractivity contribution in [1.82, 2.24) is 19.3 Å². The molecular weight excluding hydrogens is 410 g/mol. The number of benzene rings is 1. The number of nitrogens with zero attached hydrogens (tertiary/aromatic N) is 4. The van der Waals surface area contributed by atoms with Gasteiger partial charge in [-0.3, -0.25) is 9.59 Å². The number of amides is 1. The van der Waals surface area contributed by atoms with Crippen LogP contribution in [0.1, 0.15) is 34.2 Å². The predicted molar refractivity (Wildman–Crippen MR) is 123 cm³/mol. The Morgan fingerprint density at radius 2 is 1.97 bits per heavy atom. The van der Waals surface area contributed by atoms with Crippen molar-refractivity contribution in [1.29, 1.82) is 0 Å². The summed E-state index contributed by atoms with van der Waals surface area (Å²) in [5.74, 6) is 1.77. The number of rotatable bonds is 4. The van der Waals surface area contributed by atoms with Crippen LogP contribution in [0, 0.1) is 6.92 Å². The van der Waals surface area contributed by atoms with Gasteiger partial charge in [-0.05, 0) is 38.1 Å². The number of hydrogen-bond acceptors (Lipinski definition) is 5. The van der Waals surface area contributed by atoms with Crippen molar-refractivity contribution >= 4 is 34.5 Å². The minimum Gasteiger partial charge on any atom is -0.332 e. The van der Waals surface area contributed by atoms with Crippen molar-refractivity contribution < 1.29 is 4.79 Å². The van der Waals surface area contributed by atoms with Gasteiger partial charge in [0.1, 0.15) is 17.0 Å². The number of nitrogens with one attached hydrogen (secondary N) is 1. The molecule has 0 spiro atoms. The third-order valence-corrected chi connectivity index (χ3v) is 6.40. The molecule has 0 saturated heterocycles. The molecule has 31 heavy (non-hydrogen) atoms. The third kappa shape index (κ3) is 3.33. The van der Waals surface area contributed by atoms with Crippen LogP contribution in [0.4, 0.5) is 5.82 Å². The zero-order valence-electron chi connectivity index (χ0n) is 17.3. The highest BCUT2D eigenvalue weighted by Gasteiger charge is 2.26. The largest absolute Gasteiger partial charge is 0.332 e. The molecule has 1 N–H and O–H groups in total. The van der Waals surface area contributed by atoms with Gasteiger partial charge < -0.3 is 9.88 Å². The fourth-order valence-electron chi connectivity index (χ4n) is 3.83. The Morgan fingerprint density at radius 1 is 1.16 bits per heavy atom. The van der Waals surface area contributed by atoms with Crippen LogP contribution in [0.3, 0.4) is 0 Å². The lowest BCUT2D eigenvalue weighted by molar-refractivity contribution is 0.102. The summed E-state index contributed by atoms with van der Waals surface area (Å²) in [6, 6.07) is 13.2. The van der Waals surface area contributed by atoms with E-state index in [1.165, 1.54) is 0 Å². The third-order valence-electron chi connectivity index (χ3n) is 5.43. The Hall–Kier alpha value is -3.39. The molecule has 4 heterocycles. The van der Waals surface area contributed by atoms with Crippen LogP contribution in [0.25, 0.3) is 16.7 Å². The SMILES string of the molecule is CCn1cc(C(=O)Nc2c3c(nn2-c2ccccc2)CSC3)c(=O)c2ccc(C)nc21. The topological polar surface area (TPSA) is 81.8 Å². The highest BCUT2D eigenvalue weighted by atomic mass is 32.2. The number of fused-ring (bicyclic) bond motifs is 2. The summed E-state index contributed by atoms with van der Waals surface area (Å²) in [4.78, 5) is 30.9. The molecule has 1 amide bonds. The van der Waals surface area contributed by atoms with Crippen molar-refractivity contribution in [3.05, 3.63) is 81.4 Å². The number of para-hydroxylation sites is 1. The standard InChI is InChI=1S/C23H21N5O2S/c1-3-27-11-17(20(29)16-10-9-14(2)24-21(16)27)23(30)25-22-18-12-31-13-19(18)26-28(22)15-7-5-4-6-8-15/h4-11H,3,12-13H2,1-2H3,(H,25,30). The molecule has 0 radical (unpaired) electrons. The maximum absolute atomic E-state index is 13.3. The first kappa shape index (κ1) is 19.6. The summed E-state index contributed by atoms with van der Waals surface area (Å²) in [7, 11) is 0. The Morgan fingerprint density at radius 3 is 2.74 bits per heavy atom. The Bertz CT molecular complexity index is 1370. The second-order valence-electron chi connectivity index (χ2n) is 7.45. The van der Waals surface area contributed by atoms with Gasteiger partial charge in [-0.25, -0.2) is 9.67 Å². The molecule has 156 valence electrons. The summed E-state index contributed by atoms with van der Waals surface area (Å²) >= 11 is 1.76. The maximum Gasteiger partial charge on any atom is 0.262 e. The smallest absolute Gasteiger partial charge is 0.262 e. The van der Waals surface area contributed by atoms with E-state index in [2.05, 4.69) is 10.3 Å². The van der Waals surface area contributed by atoms with E-state index in [9.17, 15) is 9.59 Å². The second kappa shape index (κ2) is 7.70. The number of hydrogen-bond donors (Lipinski definition) is 1. The fraction of sp³-hybridized carbons (Fsp3) is 0.217. The highest BCUT2D eigenvalue weighted by Crippen LogP contribution is 2.36. The van der Waals surface area contributed by atoms with Crippen LogP contribution in [-0.4, -0.2) is 25.2 Å². The van der Waals surface area contributed by atoms with Crippen LogP contribution in [0.15, 0.2) is 53.5 Å². The Labute approximate surface area is 183 Å². The lowest BCUT2D eigenvalue weighted by atomic mass is 10.1. The van der Waals surface area contributed by atoms with Crippen LogP contribution in [0.5, 0.6) is 0 Å². The predicted octanol–water partition coefficient (Wildman–Crippen LogP) is 3.91. The minimum atomic E-state index is -0.438. The lowest BCUT2D eigenvalue weighted by Gasteiger charge is -2.13. The first-order valence-electron chi connectivity index (χ1n) is 10.1. The van der Waals surface area contributed by atoms with Gasteiger partial charge in [-0.2, -0.15) is 16.9 Å². The van der Waals surface area contributed by atoms with Gasteiger partial charge in [0.05, 0.1) is 16.8 Å². The van der Waals surface area contributed by atoms with E-state index >= 15 is 0 Å². The second-order valence-corrected chi connectivity index (χ2v) is 8.44. The Balaban J connectivity index is 1.61. The van der Waals surface area contributed by atoms with E-state index in [4.69, 9.17) is 5.10 Å². The number of carbonyl (C=O) groups is 1. The normalized spacial score (nSPS) is 12.8. The average molecular weight is 432 g/mol. The maximum atomic E-state index is 13.3. The molecule has 0 unspecified atom stereocenters. The van der Waals surface area contributed by atoms with Gasteiger partial charge >= 0.3 is 0 Å². The number of anilines is 1. The zero-order chi connectivity index (χ0) is 21.5. The van der Waals surface area contributed by atoms with Gasteiger partial charge in [0.15, 0.2) is 0 Å². The Kier molecular flexibility index (Phi) is 4.86. The van der Waals surface area contributed by atoms with E-state index in [1.54, 1.807) is 34.8 Å². The molecule has 0 fully saturated rings. The molecule has 0 aliphatic carbocycles. The zero-order valence-corrected chi connectivity index (χ0v) is 18.1. The summed E-state index contributed by atoms with van der Waals surface area (Å²) in [5.41, 5.74) is 4.04. The summed E-state index contributed by atoms with van der Waals surface area (Å²) < 4.78 is 3.60. The van der Waals surface area contributed by atoms with Gasteiger partial charge in [0, 0.05) is 35.5 Å². The van der Waals surface area contributed by atoms with Crippen molar-refractivity contribution in [2.45, 2.75) is 31.9 Å². The van der Waals surface area contributed by atoms with Crippen molar-refractivity contribution in [3.63, 3.8) is 0 Å². The molecular formula is C23H21N5O2S. The number of aryl methyl sites for hydroxylation is 2. The number of aromatic nitrogens is 4. The molecule has 0 atom stereocenters. The number of carbonyl (C=O) groups excluding carboxylic acids is 1. The molecule has 4 aromatic rings. The summed E-state index contributed by atoms with van der Waals surface area (Å²) in [6.45, 7) is 4.44. The highest BCUT2D eigenvalue weighted by molar-refractivity contribution is 7.98. The average Bonchev–Trinajstić information content (AvgIpc) is 3.37. The molecule has 8 heteroatoms. The van der Waals surface area contributed by atoms with Gasteiger partial charge in [0.2, 0.25) is 5.43 Å². The van der Waals surface area contributed by atoms with Gasteiger partial charge in [-0.1, -0.05) is 18.2 Å². The molecule has 5 rings (SSSR count). The van der Waals surface area contributed by atoms with Crippen molar-refractivity contribution in [2.75, 3.05) is 5.32 Å². The van der Waals surface area contributed by atoms with Crippen LogP contribution in [0.2, 0.25) is 0 Å². The van der Waals surface area contributed by atoms with Gasteiger partial charge in [0.25, 0.3) is 5.91 Å². The molecule has 0 bridgehead atoms. The van der Waals surface area contributed by atoms with E-state index in [-0.39, 0.29) is 11.0 Å². The minimum absolute atomic E-state index is 0.0974. The van der Waals surface area contributed by atoms with Crippen LogP contribution >= 0.6 is 11.8 Å². The van der Waals surface area contributed by atoms with Crippen LogP contribution in [-0.2, 0) is 18.1 Å². The molecule has 1 aromatic carbocycles. The number of pyridine rings is 2. The molecule has 0 saturated carbocycles. The first-order chi connectivity index (χ1) is 15.1. The summed E-state index contributed by atoms with van der Waals surface area (Å²) in [5, 5.41) is 8.14. The molecule has 3 aromatic heterocycles. The molecule has 1 aliphatic rings. The van der Waals surface area contributed by atoms with E-state index in [0.29, 0.717) is 23.4 Å². The number of thioether (sulfide) groups is 1. The van der Waals surface area contributed by atoms with Crippen LogP contribution < -0.4 is 10.7 Å².